The first-order chi connectivity index (χ1) is 14.1. The van der Waals surface area contributed by atoms with E-state index in [-0.39, 0.29) is 19.1 Å². The summed E-state index contributed by atoms with van der Waals surface area (Å²) in [5, 5.41) is 18.1. The number of phenolic OH excluding ortho intramolecular Hbond substituents is 1. The monoisotopic (exact) mass is 391 g/mol. The van der Waals surface area contributed by atoms with E-state index in [4.69, 9.17) is 9.47 Å². The van der Waals surface area contributed by atoms with Gasteiger partial charge in [0.15, 0.2) is 11.5 Å². The zero-order valence-corrected chi connectivity index (χ0v) is 15.2. The summed E-state index contributed by atoms with van der Waals surface area (Å²) in [6.07, 6.45) is 1.31. The third kappa shape index (κ3) is 3.96. The fourth-order valence-corrected chi connectivity index (χ4v) is 2.94. The molecular weight excluding hydrogens is 374 g/mol. The molecule has 3 N–H and O–H groups in total. The van der Waals surface area contributed by atoms with E-state index in [1.54, 1.807) is 30.3 Å². The molecule has 0 aliphatic carbocycles. The van der Waals surface area contributed by atoms with E-state index in [0.717, 1.165) is 16.3 Å². The highest BCUT2D eigenvalue weighted by Gasteiger charge is 2.15. The lowest BCUT2D eigenvalue weighted by atomic mass is 10.0. The van der Waals surface area contributed by atoms with Crippen molar-refractivity contribution in [2.24, 2.45) is 5.10 Å². The zero-order valence-electron chi connectivity index (χ0n) is 15.2. The van der Waals surface area contributed by atoms with E-state index < -0.39 is 11.8 Å². The molecule has 3 aromatic carbocycles. The van der Waals surface area contributed by atoms with Crippen LogP contribution in [-0.4, -0.2) is 29.9 Å². The van der Waals surface area contributed by atoms with E-state index in [1.807, 2.05) is 24.3 Å². The van der Waals surface area contributed by atoms with Gasteiger partial charge in [-0.1, -0.05) is 36.4 Å². The molecule has 3 aromatic rings. The van der Waals surface area contributed by atoms with Crippen molar-refractivity contribution in [2.75, 3.05) is 6.79 Å². The van der Waals surface area contributed by atoms with Gasteiger partial charge in [-0.3, -0.25) is 9.59 Å². The normalized spacial score (nSPS) is 12.3. The van der Waals surface area contributed by atoms with Gasteiger partial charge in [0.2, 0.25) is 6.79 Å². The molecule has 1 heterocycles. The molecular formula is C21H17N3O5. The summed E-state index contributed by atoms with van der Waals surface area (Å²) in [4.78, 5) is 23.9. The minimum atomic E-state index is -0.915. The first-order valence-electron chi connectivity index (χ1n) is 8.82. The SMILES string of the molecule is O=C(NCc1ccc2c(c1)OCO2)C(=O)N/N=C/c1c(O)ccc2ccccc12. The third-order valence-electron chi connectivity index (χ3n) is 4.40. The van der Waals surface area contributed by atoms with Crippen LogP contribution in [0, 0.1) is 0 Å². The highest BCUT2D eigenvalue weighted by atomic mass is 16.7. The lowest BCUT2D eigenvalue weighted by Gasteiger charge is -2.06. The molecule has 0 aromatic heterocycles. The van der Waals surface area contributed by atoms with Gasteiger partial charge in [-0.05, 0) is 34.5 Å². The number of amides is 2. The smallest absolute Gasteiger partial charge is 0.329 e. The Hall–Kier alpha value is -4.07. The second-order valence-electron chi connectivity index (χ2n) is 6.29. The number of fused-ring (bicyclic) bond motifs is 2. The van der Waals surface area contributed by atoms with Crippen LogP contribution in [0.4, 0.5) is 0 Å². The Bertz CT molecular complexity index is 1130. The molecule has 0 unspecified atom stereocenters. The van der Waals surface area contributed by atoms with Crippen molar-refractivity contribution in [3.63, 3.8) is 0 Å². The van der Waals surface area contributed by atoms with Crippen molar-refractivity contribution in [1.29, 1.82) is 0 Å². The first kappa shape index (κ1) is 18.3. The Morgan fingerprint density at radius 1 is 1.03 bits per heavy atom. The number of phenols is 1. The third-order valence-corrected chi connectivity index (χ3v) is 4.40. The Balaban J connectivity index is 1.36. The Labute approximate surface area is 165 Å². The van der Waals surface area contributed by atoms with Gasteiger partial charge in [-0.2, -0.15) is 5.10 Å². The average Bonchev–Trinajstić information content (AvgIpc) is 3.21. The fraction of sp³-hybridized carbons (Fsp3) is 0.0952. The van der Waals surface area contributed by atoms with E-state index in [1.165, 1.54) is 6.21 Å². The van der Waals surface area contributed by atoms with Crippen LogP contribution in [-0.2, 0) is 16.1 Å². The quantitative estimate of drug-likeness (QED) is 0.358. The number of rotatable bonds is 4. The van der Waals surface area contributed by atoms with Crippen LogP contribution in [0.1, 0.15) is 11.1 Å². The molecule has 0 atom stereocenters. The standard InChI is InChI=1S/C21H17N3O5/c25-17-7-6-14-3-1-2-4-15(14)16(17)11-23-24-21(27)20(26)22-10-13-5-8-18-19(9-13)29-12-28-18/h1-9,11,25H,10,12H2,(H,22,26)(H,24,27)/b23-11+. The summed E-state index contributed by atoms with van der Waals surface area (Å²) < 4.78 is 10.5. The highest BCUT2D eigenvalue weighted by molar-refractivity contribution is 6.35. The van der Waals surface area contributed by atoms with Gasteiger partial charge in [-0.15, -0.1) is 0 Å². The van der Waals surface area contributed by atoms with Crippen molar-refractivity contribution < 1.29 is 24.2 Å². The van der Waals surface area contributed by atoms with Crippen LogP contribution in [0.3, 0.4) is 0 Å². The molecule has 0 fully saturated rings. The Kier molecular flexibility index (Phi) is 4.98. The minimum Gasteiger partial charge on any atom is -0.507 e. The second-order valence-corrected chi connectivity index (χ2v) is 6.29. The number of benzene rings is 3. The number of nitrogens with zero attached hydrogens (tertiary/aromatic N) is 1. The molecule has 2 amide bonds. The van der Waals surface area contributed by atoms with Gasteiger partial charge in [-0.25, -0.2) is 5.43 Å². The van der Waals surface area contributed by atoms with Crippen LogP contribution in [0.25, 0.3) is 10.8 Å². The lowest BCUT2D eigenvalue weighted by molar-refractivity contribution is -0.139. The molecule has 0 bridgehead atoms. The number of carbonyl (C=O) groups excluding carboxylic acids is 2. The molecule has 146 valence electrons. The number of hydrogen-bond donors (Lipinski definition) is 3. The summed E-state index contributed by atoms with van der Waals surface area (Å²) in [7, 11) is 0. The number of hydrazone groups is 1. The largest absolute Gasteiger partial charge is 0.507 e. The summed E-state index contributed by atoms with van der Waals surface area (Å²) in [5.74, 6) is -0.484. The van der Waals surface area contributed by atoms with Crippen LogP contribution < -0.4 is 20.2 Å². The second kappa shape index (κ2) is 7.89. The maximum atomic E-state index is 12.0. The molecule has 0 spiro atoms. The Morgan fingerprint density at radius 3 is 2.76 bits per heavy atom. The number of nitrogens with one attached hydrogen (secondary N) is 2. The Morgan fingerprint density at radius 2 is 1.86 bits per heavy atom. The maximum Gasteiger partial charge on any atom is 0.329 e. The number of hydrogen-bond acceptors (Lipinski definition) is 6. The first-order valence-corrected chi connectivity index (χ1v) is 8.82. The van der Waals surface area contributed by atoms with Gasteiger partial charge in [0.25, 0.3) is 0 Å². The van der Waals surface area contributed by atoms with Crippen LogP contribution in [0.2, 0.25) is 0 Å². The van der Waals surface area contributed by atoms with E-state index in [0.29, 0.717) is 17.1 Å². The summed E-state index contributed by atoms with van der Waals surface area (Å²) in [5.41, 5.74) is 3.38. The van der Waals surface area contributed by atoms with Crippen molar-refractivity contribution in [3.8, 4) is 17.2 Å². The molecule has 0 saturated carbocycles. The zero-order chi connectivity index (χ0) is 20.2. The predicted molar refractivity (Wildman–Crippen MR) is 106 cm³/mol. The molecule has 8 heteroatoms. The average molecular weight is 391 g/mol. The van der Waals surface area contributed by atoms with E-state index in [9.17, 15) is 14.7 Å². The highest BCUT2D eigenvalue weighted by Crippen LogP contribution is 2.32. The van der Waals surface area contributed by atoms with E-state index >= 15 is 0 Å². The fourth-order valence-electron chi connectivity index (χ4n) is 2.94. The van der Waals surface area contributed by atoms with Gasteiger partial charge in [0.1, 0.15) is 5.75 Å². The summed E-state index contributed by atoms with van der Waals surface area (Å²) >= 11 is 0. The van der Waals surface area contributed by atoms with Crippen LogP contribution in [0.5, 0.6) is 17.2 Å². The molecule has 4 rings (SSSR count). The number of aromatic hydroxyl groups is 1. The van der Waals surface area contributed by atoms with Gasteiger partial charge in [0.05, 0.1) is 6.21 Å². The van der Waals surface area contributed by atoms with Crippen molar-refractivity contribution >= 4 is 28.8 Å². The molecule has 0 radical (unpaired) electrons. The molecule has 1 aliphatic heterocycles. The van der Waals surface area contributed by atoms with Crippen molar-refractivity contribution in [3.05, 3.63) is 65.7 Å². The van der Waals surface area contributed by atoms with Gasteiger partial charge < -0.3 is 19.9 Å². The maximum absolute atomic E-state index is 12.0. The minimum absolute atomic E-state index is 0.0222. The molecule has 1 aliphatic rings. The lowest BCUT2D eigenvalue weighted by Crippen LogP contribution is -2.37. The van der Waals surface area contributed by atoms with Crippen LogP contribution >= 0.6 is 0 Å². The molecule has 8 nitrogen and oxygen atoms in total. The summed E-state index contributed by atoms with van der Waals surface area (Å²) in [6.45, 7) is 0.314. The van der Waals surface area contributed by atoms with E-state index in [2.05, 4.69) is 15.8 Å². The van der Waals surface area contributed by atoms with Gasteiger partial charge in [0, 0.05) is 12.1 Å². The topological polar surface area (TPSA) is 109 Å². The van der Waals surface area contributed by atoms with Gasteiger partial charge >= 0.3 is 11.8 Å². The number of carbonyl (C=O) groups is 2. The van der Waals surface area contributed by atoms with Crippen molar-refractivity contribution in [1.82, 2.24) is 10.7 Å². The molecule has 0 saturated heterocycles. The van der Waals surface area contributed by atoms with Crippen molar-refractivity contribution in [2.45, 2.75) is 6.54 Å². The van der Waals surface area contributed by atoms with Crippen LogP contribution in [0.15, 0.2) is 59.7 Å². The summed E-state index contributed by atoms with van der Waals surface area (Å²) in [6, 6.07) is 16.0. The molecule has 29 heavy (non-hydrogen) atoms. The number of ether oxygens (including phenoxy) is 2. The predicted octanol–water partition coefficient (Wildman–Crippen LogP) is 2.04.